The molecular weight excluding hydrogens is 431 g/mol. The minimum Gasteiger partial charge on any atom is -0.406 e. The van der Waals surface area contributed by atoms with Gasteiger partial charge in [-0.25, -0.2) is 9.78 Å². The van der Waals surface area contributed by atoms with Crippen molar-refractivity contribution in [1.82, 2.24) is 9.55 Å². The van der Waals surface area contributed by atoms with Crippen molar-refractivity contribution in [3.8, 4) is 5.75 Å². The molecule has 1 amide bonds. The minimum atomic E-state index is -4.80. The molecule has 1 aromatic carbocycles. The molecule has 0 radical (unpaired) electrons. The second kappa shape index (κ2) is 9.54. The lowest BCUT2D eigenvalue weighted by molar-refractivity contribution is -0.274. The maximum absolute atomic E-state index is 12.3. The van der Waals surface area contributed by atoms with Crippen molar-refractivity contribution >= 4 is 27.7 Å². The third kappa shape index (κ3) is 7.05. The summed E-state index contributed by atoms with van der Waals surface area (Å²) in [6.45, 7) is 0.392. The number of nitrogens with zero attached hydrogens (tertiary/aromatic N) is 2. The number of alkyl halides is 4. The average Bonchev–Trinajstić information content (AvgIpc) is 2.56. The molecule has 1 heterocycles. The predicted molar refractivity (Wildman–Crippen MR) is 97.0 cm³/mol. The largest absolute Gasteiger partial charge is 0.573 e. The van der Waals surface area contributed by atoms with Gasteiger partial charge in [0.05, 0.1) is 6.42 Å². The molecule has 0 aliphatic carbocycles. The summed E-state index contributed by atoms with van der Waals surface area (Å²) in [5.41, 5.74) is -0.139. The quantitative estimate of drug-likeness (QED) is 0.496. The second-order valence-corrected chi connectivity index (χ2v) is 6.37. The van der Waals surface area contributed by atoms with Gasteiger partial charge in [0.25, 0.3) is 0 Å². The summed E-state index contributed by atoms with van der Waals surface area (Å²) in [5.74, 6) is -0.584. The minimum absolute atomic E-state index is 0.174. The van der Waals surface area contributed by atoms with Gasteiger partial charge in [0, 0.05) is 18.1 Å². The zero-order chi connectivity index (χ0) is 19.9. The number of carbonyl (C=O) groups excluding carboxylic acids is 1. The molecule has 6 nitrogen and oxygen atoms in total. The fraction of sp³-hybridized carbons (Fsp3) is 0.353. The first-order chi connectivity index (χ1) is 12.8. The van der Waals surface area contributed by atoms with Crippen molar-refractivity contribution in [3.63, 3.8) is 0 Å². The lowest BCUT2D eigenvalue weighted by Gasteiger charge is -2.13. The van der Waals surface area contributed by atoms with E-state index in [0.29, 0.717) is 12.1 Å². The molecule has 146 valence electrons. The number of amides is 1. The van der Waals surface area contributed by atoms with Gasteiger partial charge < -0.3 is 10.1 Å². The SMILES string of the molecule is O=C(Cc1cccc(OC(F)(F)F)c1)Nc1ccnc(=O)n1CCCCBr. The molecule has 0 fully saturated rings. The Hall–Kier alpha value is -2.36. The fourth-order valence-corrected chi connectivity index (χ4v) is 2.75. The lowest BCUT2D eigenvalue weighted by Crippen LogP contribution is -2.28. The van der Waals surface area contributed by atoms with Crippen LogP contribution in [0.2, 0.25) is 0 Å². The first-order valence-corrected chi connectivity index (χ1v) is 9.17. The van der Waals surface area contributed by atoms with E-state index in [1.807, 2.05) is 0 Å². The van der Waals surface area contributed by atoms with Crippen LogP contribution in [-0.2, 0) is 17.8 Å². The number of hydrogen-bond donors (Lipinski definition) is 1. The van der Waals surface area contributed by atoms with Gasteiger partial charge in [0.15, 0.2) is 0 Å². The molecule has 0 spiro atoms. The van der Waals surface area contributed by atoms with Gasteiger partial charge >= 0.3 is 12.1 Å². The molecule has 0 unspecified atom stereocenters. The van der Waals surface area contributed by atoms with Crippen LogP contribution >= 0.6 is 15.9 Å². The van der Waals surface area contributed by atoms with Crippen molar-refractivity contribution in [2.75, 3.05) is 10.6 Å². The Morgan fingerprint density at radius 3 is 2.74 bits per heavy atom. The van der Waals surface area contributed by atoms with Crippen molar-refractivity contribution in [1.29, 1.82) is 0 Å². The molecule has 1 aromatic heterocycles. The zero-order valence-corrected chi connectivity index (χ0v) is 15.7. The van der Waals surface area contributed by atoms with E-state index < -0.39 is 23.7 Å². The Morgan fingerprint density at radius 1 is 1.26 bits per heavy atom. The van der Waals surface area contributed by atoms with Crippen LogP contribution in [-0.4, -0.2) is 27.2 Å². The van der Waals surface area contributed by atoms with E-state index in [1.54, 1.807) is 0 Å². The molecule has 0 atom stereocenters. The van der Waals surface area contributed by atoms with Gasteiger partial charge in [-0.15, -0.1) is 13.2 Å². The van der Waals surface area contributed by atoms with Gasteiger partial charge in [-0.1, -0.05) is 28.1 Å². The predicted octanol–water partition coefficient (Wildman–Crippen LogP) is 3.50. The van der Waals surface area contributed by atoms with Crippen molar-refractivity contribution in [3.05, 3.63) is 52.6 Å². The molecule has 10 heteroatoms. The van der Waals surface area contributed by atoms with Gasteiger partial charge in [-0.05, 0) is 36.6 Å². The van der Waals surface area contributed by atoms with Crippen LogP contribution in [0.1, 0.15) is 18.4 Å². The maximum atomic E-state index is 12.3. The van der Waals surface area contributed by atoms with Crippen LogP contribution in [0.5, 0.6) is 5.75 Å². The van der Waals surface area contributed by atoms with E-state index in [-0.39, 0.29) is 12.2 Å². The summed E-state index contributed by atoms with van der Waals surface area (Å²) in [6.07, 6.45) is -2.12. The first kappa shape index (κ1) is 20.9. The second-order valence-electron chi connectivity index (χ2n) is 5.58. The number of nitrogens with one attached hydrogen (secondary N) is 1. The monoisotopic (exact) mass is 447 g/mol. The number of carbonyl (C=O) groups is 1. The highest BCUT2D eigenvalue weighted by atomic mass is 79.9. The van der Waals surface area contributed by atoms with Gasteiger partial charge in [-0.2, -0.15) is 0 Å². The van der Waals surface area contributed by atoms with Gasteiger partial charge in [0.1, 0.15) is 11.6 Å². The van der Waals surface area contributed by atoms with E-state index >= 15 is 0 Å². The van der Waals surface area contributed by atoms with Gasteiger partial charge in [0.2, 0.25) is 5.91 Å². The number of rotatable bonds is 8. The molecule has 1 N–H and O–H groups in total. The van der Waals surface area contributed by atoms with Crippen LogP contribution < -0.4 is 15.7 Å². The van der Waals surface area contributed by atoms with Crippen molar-refractivity contribution in [2.24, 2.45) is 0 Å². The number of benzene rings is 1. The lowest BCUT2D eigenvalue weighted by atomic mass is 10.1. The highest BCUT2D eigenvalue weighted by Crippen LogP contribution is 2.23. The highest BCUT2D eigenvalue weighted by molar-refractivity contribution is 9.09. The van der Waals surface area contributed by atoms with Crippen LogP contribution in [0.3, 0.4) is 0 Å². The van der Waals surface area contributed by atoms with Crippen LogP contribution in [0.15, 0.2) is 41.3 Å². The number of aromatic nitrogens is 2. The summed E-state index contributed by atoms with van der Waals surface area (Å²) in [5, 5.41) is 3.40. The molecule has 0 saturated carbocycles. The maximum Gasteiger partial charge on any atom is 0.573 e. The van der Waals surface area contributed by atoms with E-state index in [2.05, 4.69) is 31.0 Å². The number of unbranched alkanes of at least 4 members (excludes halogenated alkanes) is 1. The molecule has 0 aliphatic heterocycles. The van der Waals surface area contributed by atoms with E-state index in [1.165, 1.54) is 29.0 Å². The van der Waals surface area contributed by atoms with Crippen molar-refractivity contribution < 1.29 is 22.7 Å². The smallest absolute Gasteiger partial charge is 0.406 e. The summed E-state index contributed by atoms with van der Waals surface area (Å²) in [4.78, 5) is 27.8. The summed E-state index contributed by atoms with van der Waals surface area (Å²) < 4.78 is 42.1. The zero-order valence-electron chi connectivity index (χ0n) is 14.1. The van der Waals surface area contributed by atoms with Crippen LogP contribution in [0.4, 0.5) is 19.0 Å². The average molecular weight is 448 g/mol. The number of anilines is 1. The van der Waals surface area contributed by atoms with Crippen LogP contribution in [0.25, 0.3) is 0 Å². The Labute approximate surface area is 161 Å². The number of ether oxygens (including phenoxy) is 1. The summed E-state index contributed by atoms with van der Waals surface area (Å²) in [7, 11) is 0. The Bertz CT molecular complexity index is 840. The van der Waals surface area contributed by atoms with Crippen molar-refractivity contribution in [2.45, 2.75) is 32.2 Å². The van der Waals surface area contributed by atoms with Crippen LogP contribution in [0, 0.1) is 0 Å². The first-order valence-electron chi connectivity index (χ1n) is 8.05. The third-order valence-electron chi connectivity index (χ3n) is 3.47. The molecule has 27 heavy (non-hydrogen) atoms. The molecular formula is C17H17BrF3N3O3. The van der Waals surface area contributed by atoms with E-state index in [4.69, 9.17) is 0 Å². The van der Waals surface area contributed by atoms with Gasteiger partial charge in [-0.3, -0.25) is 9.36 Å². The Balaban J connectivity index is 2.07. The number of hydrogen-bond acceptors (Lipinski definition) is 4. The Morgan fingerprint density at radius 2 is 2.04 bits per heavy atom. The normalized spacial score (nSPS) is 11.3. The highest BCUT2D eigenvalue weighted by Gasteiger charge is 2.31. The molecule has 2 aromatic rings. The molecule has 0 saturated heterocycles. The fourth-order valence-electron chi connectivity index (χ4n) is 2.35. The third-order valence-corrected chi connectivity index (χ3v) is 4.03. The molecule has 0 aliphatic rings. The standard InChI is InChI=1S/C17H17BrF3N3O3/c18-7-1-2-9-24-14(6-8-22-16(24)26)23-15(25)11-12-4-3-5-13(10-12)27-17(19,20)21/h3-6,8,10H,1-2,7,9,11H2,(H,23,25). The number of halogens is 4. The topological polar surface area (TPSA) is 73.2 Å². The Kier molecular flexibility index (Phi) is 7.40. The molecule has 0 bridgehead atoms. The molecule has 2 rings (SSSR count). The van der Waals surface area contributed by atoms with E-state index in [0.717, 1.165) is 30.3 Å². The van der Waals surface area contributed by atoms with E-state index in [9.17, 15) is 22.8 Å². The summed E-state index contributed by atoms with van der Waals surface area (Å²) in [6, 6.07) is 6.67. The summed E-state index contributed by atoms with van der Waals surface area (Å²) >= 11 is 3.31.